The zero-order valence-corrected chi connectivity index (χ0v) is 15.1. The molecule has 0 saturated carbocycles. The van der Waals surface area contributed by atoms with Gasteiger partial charge < -0.3 is 41.3 Å². The van der Waals surface area contributed by atoms with Crippen molar-refractivity contribution in [2.45, 2.75) is 25.9 Å². The van der Waals surface area contributed by atoms with E-state index in [2.05, 4.69) is 10.6 Å². The molecule has 10 heteroatoms. The molecule has 0 spiro atoms. The molecule has 2 aromatic rings. The smallest absolute Gasteiger partial charge is 0.325 e. The maximum atomic E-state index is 10.5. The highest BCUT2D eigenvalue weighted by atomic mass is 16.4. The molecule has 0 aromatic heterocycles. The van der Waals surface area contributed by atoms with E-state index in [1.807, 2.05) is 0 Å². The largest absolute Gasteiger partial charge is 0.504 e. The third-order valence-corrected chi connectivity index (χ3v) is 3.46. The van der Waals surface area contributed by atoms with Gasteiger partial charge in [0, 0.05) is 23.5 Å². The molecule has 0 saturated heterocycles. The Kier molecular flexibility index (Phi) is 7.75. The van der Waals surface area contributed by atoms with E-state index in [-0.39, 0.29) is 23.0 Å². The number of hydrogen-bond acceptors (Lipinski definition) is 8. The number of hydrogen-bond donors (Lipinski definition) is 8. The molecular weight excluding hydrogens is 372 g/mol. The molecule has 2 aromatic carbocycles. The van der Waals surface area contributed by atoms with E-state index in [1.165, 1.54) is 50.2 Å². The second kappa shape index (κ2) is 9.76. The number of nitrogens with one attached hydrogen (secondary N) is 2. The summed E-state index contributed by atoms with van der Waals surface area (Å²) in [6.07, 6.45) is 0. The van der Waals surface area contributed by atoms with E-state index in [9.17, 15) is 9.59 Å². The molecule has 28 heavy (non-hydrogen) atoms. The van der Waals surface area contributed by atoms with Gasteiger partial charge in [0.25, 0.3) is 0 Å². The lowest BCUT2D eigenvalue weighted by Crippen LogP contribution is -2.25. The second-order valence-electron chi connectivity index (χ2n) is 5.82. The average molecular weight is 394 g/mol. The van der Waals surface area contributed by atoms with Gasteiger partial charge in [-0.05, 0) is 38.1 Å². The Balaban J connectivity index is 0.000000280. The third-order valence-electron chi connectivity index (χ3n) is 3.46. The van der Waals surface area contributed by atoms with Crippen LogP contribution >= 0.6 is 0 Å². The molecule has 0 aliphatic heterocycles. The Bertz CT molecular complexity index is 771. The molecule has 0 unspecified atom stereocenters. The summed E-state index contributed by atoms with van der Waals surface area (Å²) in [5.74, 6) is -3.02. The van der Waals surface area contributed by atoms with Crippen LogP contribution in [-0.2, 0) is 9.59 Å². The van der Waals surface area contributed by atoms with Gasteiger partial charge in [0.1, 0.15) is 12.1 Å². The van der Waals surface area contributed by atoms with Crippen LogP contribution in [0.5, 0.6) is 23.0 Å². The minimum Gasteiger partial charge on any atom is -0.504 e. The predicted molar refractivity (Wildman–Crippen MR) is 101 cm³/mol. The Morgan fingerprint density at radius 3 is 1.25 bits per heavy atom. The number of carbonyl (C=O) groups is 2. The van der Waals surface area contributed by atoms with E-state index >= 15 is 0 Å². The van der Waals surface area contributed by atoms with Crippen LogP contribution in [-0.4, -0.2) is 54.7 Å². The molecule has 2 rings (SSSR count). The van der Waals surface area contributed by atoms with Crippen molar-refractivity contribution >= 4 is 23.3 Å². The normalized spacial score (nSPS) is 12.1. The van der Waals surface area contributed by atoms with E-state index in [0.29, 0.717) is 11.4 Å². The van der Waals surface area contributed by atoms with Gasteiger partial charge in [-0.3, -0.25) is 9.59 Å². The number of carboxylic acids is 2. The molecule has 8 N–H and O–H groups in total. The van der Waals surface area contributed by atoms with Gasteiger partial charge in [-0.25, -0.2) is 0 Å². The minimum absolute atomic E-state index is 0.237. The van der Waals surface area contributed by atoms with E-state index < -0.39 is 24.0 Å². The number of carboxylic acid groups (broad SMARTS) is 2. The summed E-state index contributed by atoms with van der Waals surface area (Å²) in [7, 11) is 0. The number of rotatable bonds is 6. The Morgan fingerprint density at radius 1 is 0.679 bits per heavy atom. The number of anilines is 2. The van der Waals surface area contributed by atoms with E-state index in [0.717, 1.165) is 0 Å². The van der Waals surface area contributed by atoms with Crippen molar-refractivity contribution in [1.29, 1.82) is 0 Å². The van der Waals surface area contributed by atoms with Crippen molar-refractivity contribution in [3.63, 3.8) is 0 Å². The molecule has 0 aliphatic rings. The van der Waals surface area contributed by atoms with Crippen LogP contribution in [0.1, 0.15) is 13.8 Å². The minimum atomic E-state index is -0.988. The highest BCUT2D eigenvalue weighted by Gasteiger charge is 2.11. The summed E-state index contributed by atoms with van der Waals surface area (Å²) in [6, 6.07) is 6.54. The van der Waals surface area contributed by atoms with Gasteiger partial charge in [-0.1, -0.05) is 0 Å². The van der Waals surface area contributed by atoms with Gasteiger partial charge >= 0.3 is 11.9 Å². The fourth-order valence-electron chi connectivity index (χ4n) is 1.85. The van der Waals surface area contributed by atoms with Crippen LogP contribution < -0.4 is 10.6 Å². The molecule has 0 bridgehead atoms. The summed E-state index contributed by atoms with van der Waals surface area (Å²) in [6.45, 7) is 2.96. The first-order valence-corrected chi connectivity index (χ1v) is 8.04. The van der Waals surface area contributed by atoms with Crippen molar-refractivity contribution in [3.8, 4) is 23.0 Å². The number of phenols is 4. The van der Waals surface area contributed by atoms with Crippen LogP contribution in [0, 0.1) is 0 Å². The molecule has 0 aliphatic carbocycles. The zero-order valence-electron chi connectivity index (χ0n) is 15.1. The highest BCUT2D eigenvalue weighted by molar-refractivity contribution is 5.77. The molecular formula is C18H22N2O8. The quantitative estimate of drug-likeness (QED) is 0.266. The Labute approximate surface area is 160 Å². The van der Waals surface area contributed by atoms with Gasteiger partial charge in [0.15, 0.2) is 23.0 Å². The first-order chi connectivity index (χ1) is 13.0. The first kappa shape index (κ1) is 22.2. The van der Waals surface area contributed by atoms with Crippen LogP contribution in [0.15, 0.2) is 36.4 Å². The van der Waals surface area contributed by atoms with Gasteiger partial charge in [-0.15, -0.1) is 0 Å². The van der Waals surface area contributed by atoms with Crippen molar-refractivity contribution in [2.75, 3.05) is 10.6 Å². The van der Waals surface area contributed by atoms with Crippen LogP contribution in [0.2, 0.25) is 0 Å². The summed E-state index contributed by atoms with van der Waals surface area (Å²) in [5.41, 5.74) is 0.880. The SMILES string of the molecule is C[C@H](Nc1ccc(O)c(O)c1)C(=O)O.C[C@H](Nc1ccc(O)c(O)c1)C(=O)O. The highest BCUT2D eigenvalue weighted by Crippen LogP contribution is 2.28. The predicted octanol–water partition coefficient (Wildman–Crippen LogP) is 1.97. The van der Waals surface area contributed by atoms with E-state index in [4.69, 9.17) is 30.6 Å². The summed E-state index contributed by atoms with van der Waals surface area (Å²) >= 11 is 0. The fourth-order valence-corrected chi connectivity index (χ4v) is 1.85. The number of benzene rings is 2. The van der Waals surface area contributed by atoms with Crippen LogP contribution in [0.25, 0.3) is 0 Å². The van der Waals surface area contributed by atoms with Crippen LogP contribution in [0.4, 0.5) is 11.4 Å². The first-order valence-electron chi connectivity index (χ1n) is 8.04. The number of phenolic OH excluding ortho intramolecular Hbond substituents is 4. The standard InChI is InChI=1S/2C9H11NO4/c2*1-5(9(13)14)10-6-2-3-7(11)8(12)4-6/h2*2-5,10-12H,1H3,(H,13,14)/t2*5-/m00/s1. The van der Waals surface area contributed by atoms with Crippen molar-refractivity contribution < 1.29 is 40.2 Å². The lowest BCUT2D eigenvalue weighted by atomic mass is 10.2. The van der Waals surface area contributed by atoms with Gasteiger partial charge in [0.05, 0.1) is 0 Å². The topological polar surface area (TPSA) is 180 Å². The lowest BCUT2D eigenvalue weighted by Gasteiger charge is -2.10. The molecule has 0 amide bonds. The summed E-state index contributed by atoms with van der Waals surface area (Å²) < 4.78 is 0. The second-order valence-corrected chi connectivity index (χ2v) is 5.82. The van der Waals surface area contributed by atoms with Crippen molar-refractivity contribution in [2.24, 2.45) is 0 Å². The molecule has 2 atom stereocenters. The molecule has 152 valence electrons. The molecule has 0 fully saturated rings. The number of aliphatic carboxylic acids is 2. The summed E-state index contributed by atoms with van der Waals surface area (Å²) in [4.78, 5) is 21.0. The molecule has 0 heterocycles. The maximum absolute atomic E-state index is 10.5. The third kappa shape index (κ3) is 6.83. The average Bonchev–Trinajstić information content (AvgIpc) is 2.61. The van der Waals surface area contributed by atoms with Gasteiger partial charge in [-0.2, -0.15) is 0 Å². The Hall–Kier alpha value is -3.82. The Morgan fingerprint density at radius 2 is 1.00 bits per heavy atom. The fraction of sp³-hybridized carbons (Fsp3) is 0.222. The molecule has 0 radical (unpaired) electrons. The van der Waals surface area contributed by atoms with Crippen molar-refractivity contribution in [3.05, 3.63) is 36.4 Å². The van der Waals surface area contributed by atoms with Gasteiger partial charge in [0.2, 0.25) is 0 Å². The number of aromatic hydroxyl groups is 4. The molecule has 10 nitrogen and oxygen atoms in total. The van der Waals surface area contributed by atoms with Crippen LogP contribution in [0.3, 0.4) is 0 Å². The summed E-state index contributed by atoms with van der Waals surface area (Å²) in [5, 5.41) is 58.7. The monoisotopic (exact) mass is 394 g/mol. The lowest BCUT2D eigenvalue weighted by molar-refractivity contribution is -0.138. The zero-order chi connectivity index (χ0) is 21.4. The maximum Gasteiger partial charge on any atom is 0.325 e. The van der Waals surface area contributed by atoms with E-state index in [1.54, 1.807) is 0 Å². The van der Waals surface area contributed by atoms with Crippen molar-refractivity contribution in [1.82, 2.24) is 0 Å².